The van der Waals surface area contributed by atoms with E-state index >= 15 is 0 Å². The molecule has 0 spiro atoms. The molecule has 8 heteroatoms. The van der Waals surface area contributed by atoms with Crippen LogP contribution in [0.3, 0.4) is 0 Å². The number of rotatable bonds is 3. The first-order valence-electron chi connectivity index (χ1n) is 4.54. The lowest BCUT2D eigenvalue weighted by atomic mass is 10.4. The Labute approximate surface area is 108 Å². The Balaban J connectivity index is 2.33. The molecule has 2 heterocycles. The van der Waals surface area contributed by atoms with Gasteiger partial charge in [-0.25, -0.2) is 13.4 Å². The van der Waals surface area contributed by atoms with Crippen molar-refractivity contribution in [2.45, 2.75) is 11.1 Å². The van der Waals surface area contributed by atoms with Crippen molar-refractivity contribution >= 4 is 38.6 Å². The molecule has 5 nitrogen and oxygen atoms in total. The predicted octanol–water partition coefficient (Wildman–Crippen LogP) is 2.30. The summed E-state index contributed by atoms with van der Waals surface area (Å²) in [5.74, 6) is 0. The van der Waals surface area contributed by atoms with Crippen LogP contribution >= 0.6 is 22.9 Å². The fourth-order valence-corrected chi connectivity index (χ4v) is 3.49. The monoisotopic (exact) mass is 289 g/mol. The van der Waals surface area contributed by atoms with Crippen LogP contribution < -0.4 is 4.72 Å². The van der Waals surface area contributed by atoms with Gasteiger partial charge in [0.05, 0.1) is 28.1 Å². The number of aryl methyl sites for hydroxylation is 1. The molecule has 0 saturated carbocycles. The summed E-state index contributed by atoms with van der Waals surface area (Å²) in [5, 5.41) is 0.979. The van der Waals surface area contributed by atoms with E-state index in [1.165, 1.54) is 24.7 Å². The number of anilines is 1. The third-order valence-electron chi connectivity index (χ3n) is 1.88. The van der Waals surface area contributed by atoms with Crippen molar-refractivity contribution in [3.63, 3.8) is 0 Å². The molecule has 0 fully saturated rings. The molecular formula is C9H8ClN3O2S2. The molecule has 0 bridgehead atoms. The van der Waals surface area contributed by atoms with Crippen molar-refractivity contribution in [2.24, 2.45) is 0 Å². The van der Waals surface area contributed by atoms with Crippen LogP contribution in [-0.4, -0.2) is 18.4 Å². The fourth-order valence-electron chi connectivity index (χ4n) is 1.11. The zero-order valence-electron chi connectivity index (χ0n) is 8.71. The smallest absolute Gasteiger partial charge is 0.273 e. The Morgan fingerprint density at radius 1 is 1.41 bits per heavy atom. The highest BCUT2D eigenvalue weighted by molar-refractivity contribution is 7.94. The number of nitrogens with zero attached hydrogens (tertiary/aromatic N) is 2. The maximum Gasteiger partial charge on any atom is 0.273 e. The number of aromatic nitrogens is 2. The maximum atomic E-state index is 11.9. The number of thiazole rings is 1. The molecule has 0 saturated heterocycles. The topological polar surface area (TPSA) is 72.0 Å². The summed E-state index contributed by atoms with van der Waals surface area (Å²) in [7, 11) is -3.63. The van der Waals surface area contributed by atoms with Gasteiger partial charge >= 0.3 is 0 Å². The van der Waals surface area contributed by atoms with Crippen molar-refractivity contribution in [2.75, 3.05) is 4.72 Å². The van der Waals surface area contributed by atoms with Gasteiger partial charge in [0.2, 0.25) is 0 Å². The zero-order chi connectivity index (χ0) is 12.5. The number of pyridine rings is 1. The van der Waals surface area contributed by atoms with Gasteiger partial charge in [-0.3, -0.25) is 9.71 Å². The number of hydrogen-bond donors (Lipinski definition) is 1. The number of nitrogens with one attached hydrogen (secondary N) is 1. The highest BCUT2D eigenvalue weighted by Crippen LogP contribution is 2.25. The largest absolute Gasteiger partial charge is 0.276 e. The van der Waals surface area contributed by atoms with Gasteiger partial charge in [0.25, 0.3) is 10.0 Å². The van der Waals surface area contributed by atoms with E-state index in [-0.39, 0.29) is 9.90 Å². The van der Waals surface area contributed by atoms with Gasteiger partial charge in [0.1, 0.15) is 0 Å². The summed E-state index contributed by atoms with van der Waals surface area (Å²) in [6.45, 7) is 1.74. The predicted molar refractivity (Wildman–Crippen MR) is 66.9 cm³/mol. The molecule has 2 rings (SSSR count). The van der Waals surface area contributed by atoms with Crippen LogP contribution in [0.15, 0.2) is 28.9 Å². The van der Waals surface area contributed by atoms with E-state index in [9.17, 15) is 8.42 Å². The second-order valence-electron chi connectivity index (χ2n) is 3.16. The normalized spacial score (nSPS) is 11.4. The maximum absolute atomic E-state index is 11.9. The van der Waals surface area contributed by atoms with E-state index in [0.717, 1.165) is 11.3 Å². The van der Waals surface area contributed by atoms with Crippen LogP contribution in [0, 0.1) is 6.92 Å². The fraction of sp³-hybridized carbons (Fsp3) is 0.111. The average molecular weight is 290 g/mol. The first-order valence-corrected chi connectivity index (χ1v) is 7.21. The minimum absolute atomic E-state index is 0.148. The lowest BCUT2D eigenvalue weighted by molar-refractivity contribution is 0.603. The number of hydrogen-bond acceptors (Lipinski definition) is 5. The van der Waals surface area contributed by atoms with E-state index in [1.807, 2.05) is 0 Å². The number of halogens is 1. The quantitative estimate of drug-likeness (QED) is 0.941. The van der Waals surface area contributed by atoms with Crippen LogP contribution in [-0.2, 0) is 10.0 Å². The van der Waals surface area contributed by atoms with E-state index in [2.05, 4.69) is 14.7 Å². The van der Waals surface area contributed by atoms with E-state index < -0.39 is 10.0 Å². The Morgan fingerprint density at radius 2 is 2.18 bits per heavy atom. The molecule has 2 aromatic rings. The molecule has 1 N–H and O–H groups in total. The molecule has 0 amide bonds. The molecule has 0 aromatic carbocycles. The van der Waals surface area contributed by atoms with Gasteiger partial charge in [0, 0.05) is 6.20 Å². The average Bonchev–Trinajstić information content (AvgIpc) is 2.69. The van der Waals surface area contributed by atoms with Crippen LogP contribution in [0.1, 0.15) is 5.01 Å². The van der Waals surface area contributed by atoms with E-state index in [1.54, 1.807) is 6.92 Å². The third-order valence-corrected chi connectivity index (χ3v) is 4.95. The summed E-state index contributed by atoms with van der Waals surface area (Å²) in [4.78, 5) is 7.70. The second kappa shape index (κ2) is 4.59. The van der Waals surface area contributed by atoms with Crippen molar-refractivity contribution in [3.8, 4) is 0 Å². The first kappa shape index (κ1) is 12.3. The lowest BCUT2D eigenvalue weighted by Gasteiger charge is -2.06. The van der Waals surface area contributed by atoms with E-state index in [0.29, 0.717) is 10.0 Å². The van der Waals surface area contributed by atoms with E-state index in [4.69, 9.17) is 11.6 Å². The van der Waals surface area contributed by atoms with Crippen molar-refractivity contribution in [3.05, 3.63) is 34.7 Å². The molecule has 0 atom stereocenters. The molecule has 0 radical (unpaired) electrons. The molecule has 0 unspecified atom stereocenters. The minimum atomic E-state index is -3.63. The zero-order valence-corrected chi connectivity index (χ0v) is 11.1. The lowest BCUT2D eigenvalue weighted by Crippen LogP contribution is -2.11. The Bertz CT molecular complexity index is 639. The summed E-state index contributed by atoms with van der Waals surface area (Å²) >= 11 is 6.94. The van der Waals surface area contributed by atoms with Crippen LogP contribution in [0.2, 0.25) is 5.02 Å². The second-order valence-corrected chi connectivity index (χ2v) is 6.71. The van der Waals surface area contributed by atoms with Gasteiger partial charge in [-0.15, -0.1) is 11.3 Å². The van der Waals surface area contributed by atoms with Crippen LogP contribution in [0.25, 0.3) is 0 Å². The summed E-state index contributed by atoms with van der Waals surface area (Å²) in [5.41, 5.74) is 0.250. The highest BCUT2D eigenvalue weighted by atomic mass is 35.5. The first-order chi connectivity index (χ1) is 7.99. The SMILES string of the molecule is Cc1ncc(S(=O)(=O)Nc2cnccc2Cl)s1. The molecule has 2 aromatic heterocycles. The molecular weight excluding hydrogens is 282 g/mol. The van der Waals surface area contributed by atoms with Gasteiger partial charge in [-0.05, 0) is 13.0 Å². The molecule has 0 aliphatic rings. The van der Waals surface area contributed by atoms with Crippen molar-refractivity contribution in [1.29, 1.82) is 0 Å². The summed E-state index contributed by atoms with van der Waals surface area (Å²) in [6, 6.07) is 1.51. The highest BCUT2D eigenvalue weighted by Gasteiger charge is 2.18. The van der Waals surface area contributed by atoms with Crippen molar-refractivity contribution < 1.29 is 8.42 Å². The Kier molecular flexibility index (Phi) is 3.32. The summed E-state index contributed by atoms with van der Waals surface area (Å²) in [6.07, 6.45) is 4.15. The molecule has 17 heavy (non-hydrogen) atoms. The number of sulfonamides is 1. The van der Waals surface area contributed by atoms with Gasteiger partial charge < -0.3 is 0 Å². The van der Waals surface area contributed by atoms with Gasteiger partial charge in [-0.1, -0.05) is 11.6 Å². The molecule has 90 valence electrons. The molecule has 0 aliphatic carbocycles. The van der Waals surface area contributed by atoms with Gasteiger partial charge in [0.15, 0.2) is 4.21 Å². The molecule has 0 aliphatic heterocycles. The van der Waals surface area contributed by atoms with Crippen LogP contribution in [0.4, 0.5) is 5.69 Å². The van der Waals surface area contributed by atoms with Crippen molar-refractivity contribution in [1.82, 2.24) is 9.97 Å². The van der Waals surface area contributed by atoms with Gasteiger partial charge in [-0.2, -0.15) is 0 Å². The summed E-state index contributed by atoms with van der Waals surface area (Å²) < 4.78 is 26.4. The standard InChI is InChI=1S/C9H8ClN3O2S2/c1-6-12-5-9(16-6)17(14,15)13-8-4-11-3-2-7(8)10/h2-5,13H,1H3. The minimum Gasteiger partial charge on any atom is -0.276 e. The Hall–Kier alpha value is -1.18. The van der Waals surface area contributed by atoms with Crippen LogP contribution in [0.5, 0.6) is 0 Å². The Morgan fingerprint density at radius 3 is 2.76 bits per heavy atom. The third kappa shape index (κ3) is 2.74.